The molecule has 0 spiro atoms. The molecule has 5 nitrogen and oxygen atoms in total. The number of imidazole rings is 1. The Balaban J connectivity index is 1.48. The fraction of sp³-hybridized carbons (Fsp3) is 0.385. The Bertz CT molecular complexity index is 1030. The summed E-state index contributed by atoms with van der Waals surface area (Å²) in [7, 11) is 0. The second-order valence-electron chi connectivity index (χ2n) is 8.86. The highest BCUT2D eigenvalue weighted by Crippen LogP contribution is 2.22. The molecular weight excluding hydrogens is 405 g/mol. The molecule has 2 aromatic carbocycles. The summed E-state index contributed by atoms with van der Waals surface area (Å²) in [6.07, 6.45) is 5.71. The van der Waals surface area contributed by atoms with Gasteiger partial charge >= 0.3 is 0 Å². The van der Waals surface area contributed by atoms with Gasteiger partial charge in [-0.05, 0) is 47.7 Å². The largest absolute Gasteiger partial charge is 0.493 e. The van der Waals surface area contributed by atoms with E-state index in [1.54, 1.807) is 12.1 Å². The van der Waals surface area contributed by atoms with Crippen molar-refractivity contribution in [3.05, 3.63) is 83.7 Å². The molecule has 1 aromatic heterocycles. The summed E-state index contributed by atoms with van der Waals surface area (Å²) in [6.45, 7) is 6.19. The average Bonchev–Trinajstić information content (AvgIpc) is 3.26. The minimum absolute atomic E-state index is 0.0650. The van der Waals surface area contributed by atoms with Gasteiger partial charge in [0.15, 0.2) is 0 Å². The van der Waals surface area contributed by atoms with E-state index < -0.39 is 0 Å². The minimum atomic E-state index is -0.272. The lowest BCUT2D eigenvalue weighted by Crippen LogP contribution is -2.44. The van der Waals surface area contributed by atoms with E-state index in [9.17, 15) is 9.18 Å². The van der Waals surface area contributed by atoms with Crippen molar-refractivity contribution in [1.82, 2.24) is 14.5 Å². The number of benzene rings is 2. The number of aryl methyl sites for hydroxylation is 1. The number of fused-ring (bicyclic) bond motifs is 1. The summed E-state index contributed by atoms with van der Waals surface area (Å²) in [4.78, 5) is 19.8. The highest BCUT2D eigenvalue weighted by Gasteiger charge is 2.28. The van der Waals surface area contributed by atoms with Crippen LogP contribution in [0.2, 0.25) is 0 Å². The van der Waals surface area contributed by atoms with Crippen molar-refractivity contribution in [1.29, 1.82) is 0 Å². The van der Waals surface area contributed by atoms with E-state index in [-0.39, 0.29) is 17.8 Å². The number of carbonyl (C=O) groups is 1. The van der Waals surface area contributed by atoms with Crippen molar-refractivity contribution < 1.29 is 13.9 Å². The highest BCUT2D eigenvalue weighted by molar-refractivity contribution is 5.79. The van der Waals surface area contributed by atoms with Gasteiger partial charge in [-0.25, -0.2) is 9.37 Å². The molecule has 3 aromatic rings. The number of aromatic nitrogens is 2. The molecule has 0 bridgehead atoms. The smallest absolute Gasteiger partial charge is 0.227 e. The first kappa shape index (κ1) is 22.1. The van der Waals surface area contributed by atoms with E-state index >= 15 is 0 Å². The summed E-state index contributed by atoms with van der Waals surface area (Å²) in [6, 6.07) is 14.2. The molecule has 2 heterocycles. The van der Waals surface area contributed by atoms with E-state index in [0.717, 1.165) is 42.1 Å². The standard InChI is InChI=1S/C26H30FN3O2/c1-19(2)18-32-24-9-5-20(6-10-24)15-26(31)30(17-21-3-7-22(27)8-4-21)23-11-13-29-14-12-28-25(29)16-23/h3-10,12,14,19,23H,11,13,15-18H2,1-2H3/t23-/m0/s1. The predicted octanol–water partition coefficient (Wildman–Crippen LogP) is 4.64. The molecule has 0 saturated carbocycles. The third-order valence-electron chi connectivity index (χ3n) is 5.81. The Kier molecular flexibility index (Phi) is 6.88. The van der Waals surface area contributed by atoms with Crippen LogP contribution in [0.1, 0.15) is 37.2 Å². The van der Waals surface area contributed by atoms with Gasteiger partial charge < -0.3 is 14.2 Å². The monoisotopic (exact) mass is 435 g/mol. The maximum absolute atomic E-state index is 13.4. The third kappa shape index (κ3) is 5.55. The van der Waals surface area contributed by atoms with Crippen molar-refractivity contribution in [3.63, 3.8) is 0 Å². The molecule has 0 unspecified atom stereocenters. The molecule has 0 N–H and O–H groups in total. The van der Waals surface area contributed by atoms with Crippen LogP contribution in [0.4, 0.5) is 4.39 Å². The zero-order valence-electron chi connectivity index (χ0n) is 18.7. The first-order chi connectivity index (χ1) is 15.5. The first-order valence-corrected chi connectivity index (χ1v) is 11.2. The molecule has 1 amide bonds. The SMILES string of the molecule is CC(C)COc1ccc(CC(=O)N(Cc2ccc(F)cc2)[C@H]2CCn3ccnc3C2)cc1. The van der Waals surface area contributed by atoms with Crippen LogP contribution in [0, 0.1) is 11.7 Å². The van der Waals surface area contributed by atoms with Crippen molar-refractivity contribution in [2.75, 3.05) is 6.61 Å². The van der Waals surface area contributed by atoms with Gasteiger partial charge in [0.25, 0.3) is 0 Å². The Morgan fingerprint density at radius 3 is 2.59 bits per heavy atom. The van der Waals surface area contributed by atoms with Gasteiger partial charge in [0.05, 0.1) is 13.0 Å². The Hall–Kier alpha value is -3.15. The number of hydrogen-bond donors (Lipinski definition) is 0. The maximum atomic E-state index is 13.4. The number of halogens is 1. The number of amides is 1. The van der Waals surface area contributed by atoms with Crippen LogP contribution < -0.4 is 4.74 Å². The van der Waals surface area contributed by atoms with Crippen LogP contribution >= 0.6 is 0 Å². The molecule has 0 radical (unpaired) electrons. The lowest BCUT2D eigenvalue weighted by molar-refractivity contribution is -0.134. The van der Waals surface area contributed by atoms with Crippen LogP contribution in [-0.2, 0) is 30.7 Å². The molecule has 1 atom stereocenters. The van der Waals surface area contributed by atoms with Crippen molar-refractivity contribution >= 4 is 5.91 Å². The van der Waals surface area contributed by atoms with Crippen LogP contribution in [0.3, 0.4) is 0 Å². The van der Waals surface area contributed by atoms with E-state index in [0.29, 0.717) is 25.5 Å². The number of rotatable bonds is 8. The molecule has 32 heavy (non-hydrogen) atoms. The minimum Gasteiger partial charge on any atom is -0.493 e. The predicted molar refractivity (Wildman–Crippen MR) is 122 cm³/mol. The zero-order chi connectivity index (χ0) is 22.5. The topological polar surface area (TPSA) is 47.4 Å². The first-order valence-electron chi connectivity index (χ1n) is 11.2. The maximum Gasteiger partial charge on any atom is 0.227 e. The average molecular weight is 436 g/mol. The molecule has 1 aliphatic heterocycles. The molecule has 0 aliphatic carbocycles. The summed E-state index contributed by atoms with van der Waals surface area (Å²) in [5.41, 5.74) is 1.87. The van der Waals surface area contributed by atoms with E-state index in [1.165, 1.54) is 12.1 Å². The number of hydrogen-bond acceptors (Lipinski definition) is 3. The molecular formula is C26H30FN3O2. The van der Waals surface area contributed by atoms with Crippen molar-refractivity contribution in [2.45, 2.75) is 52.2 Å². The van der Waals surface area contributed by atoms with Gasteiger partial charge in [-0.3, -0.25) is 4.79 Å². The molecule has 4 rings (SSSR count). The van der Waals surface area contributed by atoms with E-state index in [4.69, 9.17) is 4.74 Å². The third-order valence-corrected chi connectivity index (χ3v) is 5.81. The fourth-order valence-corrected chi connectivity index (χ4v) is 4.05. The fourth-order valence-electron chi connectivity index (χ4n) is 4.05. The summed E-state index contributed by atoms with van der Waals surface area (Å²) >= 11 is 0. The number of carbonyl (C=O) groups excluding carboxylic acids is 1. The van der Waals surface area contributed by atoms with Gasteiger partial charge in [0.1, 0.15) is 17.4 Å². The van der Waals surface area contributed by atoms with Crippen molar-refractivity contribution in [3.8, 4) is 5.75 Å². The zero-order valence-corrected chi connectivity index (χ0v) is 18.7. The molecule has 6 heteroatoms. The lowest BCUT2D eigenvalue weighted by Gasteiger charge is -2.35. The number of nitrogens with zero attached hydrogens (tertiary/aromatic N) is 3. The number of ether oxygens (including phenoxy) is 1. The second-order valence-corrected chi connectivity index (χ2v) is 8.86. The van der Waals surface area contributed by atoms with Gasteiger partial charge in [-0.1, -0.05) is 38.1 Å². The lowest BCUT2D eigenvalue weighted by atomic mass is 10.0. The molecule has 0 fully saturated rings. The quantitative estimate of drug-likeness (QED) is 0.518. The van der Waals surface area contributed by atoms with Crippen molar-refractivity contribution in [2.24, 2.45) is 5.92 Å². The molecule has 0 saturated heterocycles. The second kappa shape index (κ2) is 9.98. The summed E-state index contributed by atoms with van der Waals surface area (Å²) in [5.74, 6) is 2.07. The summed E-state index contributed by atoms with van der Waals surface area (Å²) < 4.78 is 21.3. The van der Waals surface area contributed by atoms with E-state index in [1.807, 2.05) is 41.6 Å². The van der Waals surface area contributed by atoms with Gasteiger partial charge in [-0.2, -0.15) is 0 Å². The Morgan fingerprint density at radius 2 is 1.88 bits per heavy atom. The van der Waals surface area contributed by atoms with E-state index in [2.05, 4.69) is 23.4 Å². The highest BCUT2D eigenvalue weighted by atomic mass is 19.1. The normalized spacial score (nSPS) is 15.4. The van der Waals surface area contributed by atoms with Gasteiger partial charge in [-0.15, -0.1) is 0 Å². The Morgan fingerprint density at radius 1 is 1.16 bits per heavy atom. The molecule has 1 aliphatic rings. The van der Waals surface area contributed by atoms with Crippen LogP contribution in [-0.4, -0.2) is 33.0 Å². The molecule has 168 valence electrons. The van der Waals surface area contributed by atoms with Gasteiger partial charge in [0.2, 0.25) is 5.91 Å². The Labute approximate surface area is 188 Å². The van der Waals surface area contributed by atoms with Gasteiger partial charge in [0, 0.05) is 37.9 Å². The van der Waals surface area contributed by atoms with Crippen LogP contribution in [0.5, 0.6) is 5.75 Å². The summed E-state index contributed by atoms with van der Waals surface area (Å²) in [5, 5.41) is 0. The van der Waals surface area contributed by atoms with Crippen LogP contribution in [0.25, 0.3) is 0 Å². The van der Waals surface area contributed by atoms with Crippen LogP contribution in [0.15, 0.2) is 60.9 Å².